The molecule has 0 amide bonds. The summed E-state index contributed by atoms with van der Waals surface area (Å²) in [5.74, 6) is 0.0263. The molecule has 0 aliphatic carbocycles. The van der Waals surface area contributed by atoms with Crippen molar-refractivity contribution in [2.24, 2.45) is 11.8 Å². The Morgan fingerprint density at radius 2 is 1.33 bits per heavy atom. The Hall–Kier alpha value is -1.84. The Morgan fingerprint density at radius 3 is 1.78 bits per heavy atom. The Labute approximate surface area is 164 Å². The third kappa shape index (κ3) is 8.59. The molecule has 0 N–H and O–H groups in total. The zero-order chi connectivity index (χ0) is 20.1. The quantitative estimate of drug-likeness (QED) is 0.394. The first-order chi connectivity index (χ1) is 13.0. The third-order valence-corrected chi connectivity index (χ3v) is 5.05. The van der Waals surface area contributed by atoms with Crippen molar-refractivity contribution in [1.29, 1.82) is 0 Å². The van der Waals surface area contributed by atoms with E-state index in [4.69, 9.17) is 9.47 Å². The monoisotopic (exact) mass is 376 g/mol. The number of carbonyl (C=O) groups is 2. The van der Waals surface area contributed by atoms with Crippen molar-refractivity contribution >= 4 is 11.9 Å². The van der Waals surface area contributed by atoms with E-state index in [1.807, 2.05) is 0 Å². The highest BCUT2D eigenvalue weighted by molar-refractivity contribution is 5.95. The molecule has 1 aromatic carbocycles. The van der Waals surface area contributed by atoms with Crippen LogP contribution in [0.25, 0.3) is 0 Å². The molecule has 0 aromatic heterocycles. The molecule has 0 saturated heterocycles. The van der Waals surface area contributed by atoms with E-state index in [1.165, 1.54) is 0 Å². The lowest BCUT2D eigenvalue weighted by Gasteiger charge is -2.15. The predicted molar refractivity (Wildman–Crippen MR) is 109 cm³/mol. The number of hydrogen-bond donors (Lipinski definition) is 0. The molecule has 0 spiro atoms. The first-order valence-corrected chi connectivity index (χ1v) is 10.5. The number of hydrogen-bond acceptors (Lipinski definition) is 4. The SMILES string of the molecule is CCCCC(CC)COC(=O)c1cccc(C(=O)OCC(CC)CCC)c1. The van der Waals surface area contributed by atoms with Gasteiger partial charge in [0, 0.05) is 0 Å². The molecule has 2 atom stereocenters. The molecule has 0 radical (unpaired) electrons. The molecule has 2 unspecified atom stereocenters. The molecular weight excluding hydrogens is 340 g/mol. The van der Waals surface area contributed by atoms with Crippen LogP contribution in [0.1, 0.15) is 93.4 Å². The minimum atomic E-state index is -0.381. The fourth-order valence-corrected chi connectivity index (χ4v) is 3.04. The maximum absolute atomic E-state index is 12.3. The molecule has 27 heavy (non-hydrogen) atoms. The topological polar surface area (TPSA) is 52.6 Å². The van der Waals surface area contributed by atoms with E-state index in [-0.39, 0.29) is 11.9 Å². The van der Waals surface area contributed by atoms with Crippen molar-refractivity contribution in [1.82, 2.24) is 0 Å². The second kappa shape index (κ2) is 13.3. The summed E-state index contributed by atoms with van der Waals surface area (Å²) in [7, 11) is 0. The highest BCUT2D eigenvalue weighted by Gasteiger charge is 2.16. The van der Waals surface area contributed by atoms with E-state index in [0.717, 1.165) is 44.9 Å². The Kier molecular flexibility index (Phi) is 11.5. The van der Waals surface area contributed by atoms with Crippen LogP contribution in [0.15, 0.2) is 24.3 Å². The summed E-state index contributed by atoms with van der Waals surface area (Å²) in [5, 5.41) is 0. The summed E-state index contributed by atoms with van der Waals surface area (Å²) < 4.78 is 10.9. The molecule has 0 bridgehead atoms. The van der Waals surface area contributed by atoms with Gasteiger partial charge < -0.3 is 9.47 Å². The average Bonchev–Trinajstić information content (AvgIpc) is 2.70. The van der Waals surface area contributed by atoms with Gasteiger partial charge in [0.15, 0.2) is 0 Å². The Bertz CT molecular complexity index is 567. The Morgan fingerprint density at radius 1 is 0.815 bits per heavy atom. The molecule has 0 saturated carbocycles. The number of ether oxygens (including phenoxy) is 2. The number of esters is 2. The first kappa shape index (κ1) is 23.2. The predicted octanol–water partition coefficient (Wildman–Crippen LogP) is 6.04. The molecule has 1 rings (SSSR count). The highest BCUT2D eigenvalue weighted by atomic mass is 16.5. The van der Waals surface area contributed by atoms with E-state index in [2.05, 4.69) is 27.7 Å². The molecule has 0 heterocycles. The van der Waals surface area contributed by atoms with Crippen LogP contribution in [0.3, 0.4) is 0 Å². The molecule has 0 aliphatic heterocycles. The van der Waals surface area contributed by atoms with Gasteiger partial charge in [0.1, 0.15) is 0 Å². The van der Waals surface area contributed by atoms with Gasteiger partial charge in [-0.2, -0.15) is 0 Å². The number of benzene rings is 1. The van der Waals surface area contributed by atoms with Crippen molar-refractivity contribution in [2.45, 2.75) is 72.6 Å². The van der Waals surface area contributed by atoms with E-state index < -0.39 is 0 Å². The molecule has 4 nitrogen and oxygen atoms in total. The summed E-state index contributed by atoms with van der Waals surface area (Å²) in [6.45, 7) is 9.37. The van der Waals surface area contributed by atoms with Crippen LogP contribution >= 0.6 is 0 Å². The second-order valence-corrected chi connectivity index (χ2v) is 7.26. The van der Waals surface area contributed by atoms with Gasteiger partial charge in [0.2, 0.25) is 0 Å². The van der Waals surface area contributed by atoms with Crippen LogP contribution in [0.4, 0.5) is 0 Å². The average molecular weight is 377 g/mol. The molecule has 1 aromatic rings. The fourth-order valence-electron chi connectivity index (χ4n) is 3.04. The number of unbranched alkanes of at least 4 members (excludes halogenated alkanes) is 1. The first-order valence-electron chi connectivity index (χ1n) is 10.5. The normalized spacial score (nSPS) is 13.0. The largest absolute Gasteiger partial charge is 0.462 e. The minimum absolute atomic E-state index is 0.378. The standard InChI is InChI=1S/C23H36O4/c1-5-9-12-19(8-4)17-27-23(25)21-14-10-13-20(15-21)22(24)26-16-18(7-3)11-6-2/h10,13-15,18-19H,5-9,11-12,16-17H2,1-4H3. The van der Waals surface area contributed by atoms with Gasteiger partial charge in [0.25, 0.3) is 0 Å². The van der Waals surface area contributed by atoms with Crippen LogP contribution in [0, 0.1) is 11.8 Å². The lowest BCUT2D eigenvalue weighted by atomic mass is 10.0. The summed E-state index contributed by atoms with van der Waals surface area (Å²) in [6, 6.07) is 6.62. The van der Waals surface area contributed by atoms with Gasteiger partial charge in [-0.3, -0.25) is 0 Å². The van der Waals surface area contributed by atoms with Crippen molar-refractivity contribution in [3.8, 4) is 0 Å². The molecule has 152 valence electrons. The van der Waals surface area contributed by atoms with Gasteiger partial charge in [0.05, 0.1) is 24.3 Å². The zero-order valence-electron chi connectivity index (χ0n) is 17.5. The Balaban J connectivity index is 2.61. The van der Waals surface area contributed by atoms with Crippen LogP contribution in [-0.2, 0) is 9.47 Å². The van der Waals surface area contributed by atoms with Crippen LogP contribution < -0.4 is 0 Å². The van der Waals surface area contributed by atoms with Gasteiger partial charge in [-0.25, -0.2) is 9.59 Å². The second-order valence-electron chi connectivity index (χ2n) is 7.26. The summed E-state index contributed by atoms with van der Waals surface area (Å²) in [5.41, 5.74) is 0.796. The third-order valence-electron chi connectivity index (χ3n) is 5.05. The van der Waals surface area contributed by atoms with Gasteiger partial charge in [-0.1, -0.05) is 65.9 Å². The minimum Gasteiger partial charge on any atom is -0.462 e. The van der Waals surface area contributed by atoms with Crippen molar-refractivity contribution in [2.75, 3.05) is 13.2 Å². The number of rotatable bonds is 13. The highest BCUT2D eigenvalue weighted by Crippen LogP contribution is 2.16. The van der Waals surface area contributed by atoms with Crippen molar-refractivity contribution in [3.63, 3.8) is 0 Å². The van der Waals surface area contributed by atoms with E-state index in [1.54, 1.807) is 24.3 Å². The smallest absolute Gasteiger partial charge is 0.338 e. The maximum atomic E-state index is 12.3. The van der Waals surface area contributed by atoms with E-state index in [9.17, 15) is 9.59 Å². The van der Waals surface area contributed by atoms with Gasteiger partial charge >= 0.3 is 11.9 Å². The van der Waals surface area contributed by atoms with Crippen LogP contribution in [-0.4, -0.2) is 25.2 Å². The van der Waals surface area contributed by atoms with E-state index >= 15 is 0 Å². The summed E-state index contributed by atoms with van der Waals surface area (Å²) >= 11 is 0. The van der Waals surface area contributed by atoms with Gasteiger partial charge in [-0.15, -0.1) is 0 Å². The summed E-state index contributed by atoms with van der Waals surface area (Å²) in [4.78, 5) is 24.6. The zero-order valence-corrected chi connectivity index (χ0v) is 17.5. The van der Waals surface area contributed by atoms with Crippen molar-refractivity contribution in [3.05, 3.63) is 35.4 Å². The summed E-state index contributed by atoms with van der Waals surface area (Å²) in [6.07, 6.45) is 7.48. The van der Waals surface area contributed by atoms with Crippen LogP contribution in [0.2, 0.25) is 0 Å². The fraction of sp³-hybridized carbons (Fsp3) is 0.652. The van der Waals surface area contributed by atoms with Crippen molar-refractivity contribution < 1.29 is 19.1 Å². The lowest BCUT2D eigenvalue weighted by Crippen LogP contribution is -2.16. The molecular formula is C23H36O4. The molecule has 0 fully saturated rings. The maximum Gasteiger partial charge on any atom is 0.338 e. The lowest BCUT2D eigenvalue weighted by molar-refractivity contribution is 0.0426. The number of carbonyl (C=O) groups excluding carboxylic acids is 2. The molecule has 0 aliphatic rings. The van der Waals surface area contributed by atoms with Gasteiger partial charge in [-0.05, 0) is 42.9 Å². The van der Waals surface area contributed by atoms with E-state index in [0.29, 0.717) is 36.2 Å². The van der Waals surface area contributed by atoms with Crippen LogP contribution in [0.5, 0.6) is 0 Å². The molecule has 4 heteroatoms.